The highest BCUT2D eigenvalue weighted by atomic mass is 16.6. The van der Waals surface area contributed by atoms with Crippen LogP contribution in [0.3, 0.4) is 0 Å². The van der Waals surface area contributed by atoms with Crippen molar-refractivity contribution in [2.45, 2.75) is 78.2 Å². The number of fused-ring (bicyclic) bond motifs is 4. The van der Waals surface area contributed by atoms with E-state index >= 15 is 0 Å². The molecule has 7 rings (SSSR count). The summed E-state index contributed by atoms with van der Waals surface area (Å²) in [5, 5.41) is 3.19. The van der Waals surface area contributed by atoms with Crippen LogP contribution in [0.1, 0.15) is 86.7 Å². The Morgan fingerprint density at radius 1 is 0.828 bits per heavy atom. The summed E-state index contributed by atoms with van der Waals surface area (Å²) in [7, 11) is 1.66. The molecular weight excluding hydrogens is 815 g/mol. The summed E-state index contributed by atoms with van der Waals surface area (Å²) in [6, 6.07) is 26.0. The molecule has 0 spiro atoms. The number of carbonyl (C=O) groups is 5. The molecule has 3 N–H and O–H groups in total. The fraction of sp³-hybridized carbons (Fsp3) is 0.380. The Morgan fingerprint density at radius 2 is 1.53 bits per heavy atom. The third-order valence-electron chi connectivity index (χ3n) is 11.2. The Hall–Kier alpha value is -6.35. The lowest BCUT2D eigenvalue weighted by Gasteiger charge is -2.34. The maximum Gasteiger partial charge on any atom is 0.419 e. The van der Waals surface area contributed by atoms with Gasteiger partial charge >= 0.3 is 18.0 Å². The smallest absolute Gasteiger partial charge is 0.419 e. The number of nitrogens with one attached hydrogen (secondary N) is 1. The van der Waals surface area contributed by atoms with Gasteiger partial charge in [-0.1, -0.05) is 60.7 Å². The minimum atomic E-state index is -1.56. The first-order valence-electron chi connectivity index (χ1n) is 21.6. The van der Waals surface area contributed by atoms with Crippen LogP contribution < -0.4 is 16.0 Å². The number of anilines is 2. The maximum absolute atomic E-state index is 14.6. The number of carbonyl (C=O) groups excluding carboxylic acids is 5. The number of methoxy groups -OCH3 is 1. The summed E-state index contributed by atoms with van der Waals surface area (Å²) in [5.41, 5.74) is 11.8. The molecule has 1 aliphatic carbocycles. The molecule has 14 nitrogen and oxygen atoms in total. The van der Waals surface area contributed by atoms with Crippen LogP contribution in [0.15, 0.2) is 91.0 Å². The first kappa shape index (κ1) is 45.7. The molecule has 0 saturated carbocycles. The monoisotopic (exact) mass is 871 g/mol. The van der Waals surface area contributed by atoms with Crippen molar-refractivity contribution < 1.29 is 42.9 Å². The van der Waals surface area contributed by atoms with Crippen molar-refractivity contribution in [3.63, 3.8) is 0 Å². The lowest BCUT2D eigenvalue weighted by atomic mass is 9.92. The van der Waals surface area contributed by atoms with E-state index in [9.17, 15) is 24.0 Å². The van der Waals surface area contributed by atoms with Crippen LogP contribution >= 0.6 is 0 Å². The second kappa shape index (κ2) is 18.8. The molecule has 336 valence electrons. The van der Waals surface area contributed by atoms with Gasteiger partial charge in [0.15, 0.2) is 5.92 Å². The molecule has 14 heteroatoms. The van der Waals surface area contributed by atoms with E-state index in [4.69, 9.17) is 24.7 Å². The van der Waals surface area contributed by atoms with Gasteiger partial charge in [-0.2, -0.15) is 0 Å². The molecule has 5 aromatic rings. The molecular formula is C50H57N5O9. The molecule has 1 fully saturated rings. The van der Waals surface area contributed by atoms with Gasteiger partial charge in [0.25, 0.3) is 0 Å². The van der Waals surface area contributed by atoms with Crippen LogP contribution in [0.25, 0.3) is 22.0 Å². The second-order valence-corrected chi connectivity index (χ2v) is 18.2. The molecule has 2 aliphatic rings. The van der Waals surface area contributed by atoms with E-state index in [0.717, 1.165) is 39.8 Å². The average molecular weight is 872 g/mol. The number of hydrogen-bond acceptors (Lipinski definition) is 11. The average Bonchev–Trinajstić information content (AvgIpc) is 3.83. The number of amides is 2. The SMILES string of the molecule is COCCCN1CCN(c2ccc(C(N)[C@@H](C(=O)Nc3cccc4c3cc(C(=O)OC(C)(C)C)n4C(=O)OC(C)(C)C)C(=O)OCc3cccc4c3Cc3ccccc3-4)cc2)C(=O)C1. The largest absolute Gasteiger partial charge is 0.460 e. The number of hydrogen-bond donors (Lipinski definition) is 2. The zero-order valence-corrected chi connectivity index (χ0v) is 37.6. The maximum atomic E-state index is 14.6. The predicted octanol–water partition coefficient (Wildman–Crippen LogP) is 7.63. The van der Waals surface area contributed by atoms with Gasteiger partial charge in [0.05, 0.1) is 23.8 Å². The van der Waals surface area contributed by atoms with Crippen LogP contribution in [-0.2, 0) is 46.4 Å². The lowest BCUT2D eigenvalue weighted by molar-refractivity contribution is -0.153. The molecule has 1 unspecified atom stereocenters. The van der Waals surface area contributed by atoms with Crippen molar-refractivity contribution in [1.82, 2.24) is 9.47 Å². The number of nitrogens with zero attached hydrogens (tertiary/aromatic N) is 3. The fourth-order valence-electron chi connectivity index (χ4n) is 8.24. The Kier molecular flexibility index (Phi) is 13.4. The summed E-state index contributed by atoms with van der Waals surface area (Å²) >= 11 is 0. The van der Waals surface area contributed by atoms with E-state index in [-0.39, 0.29) is 36.0 Å². The summed E-state index contributed by atoms with van der Waals surface area (Å²) in [4.78, 5) is 73.3. The Morgan fingerprint density at radius 3 is 2.23 bits per heavy atom. The van der Waals surface area contributed by atoms with E-state index in [1.807, 2.05) is 30.3 Å². The zero-order chi connectivity index (χ0) is 45.9. The van der Waals surface area contributed by atoms with E-state index in [1.165, 1.54) is 11.6 Å². The molecule has 4 aromatic carbocycles. The van der Waals surface area contributed by atoms with Crippen LogP contribution in [0.4, 0.5) is 16.2 Å². The lowest BCUT2D eigenvalue weighted by Crippen LogP contribution is -2.50. The molecule has 64 heavy (non-hydrogen) atoms. The van der Waals surface area contributed by atoms with Crippen LogP contribution in [0.2, 0.25) is 0 Å². The van der Waals surface area contributed by atoms with Gasteiger partial charge in [-0.25, -0.2) is 14.2 Å². The predicted molar refractivity (Wildman–Crippen MR) is 244 cm³/mol. The van der Waals surface area contributed by atoms with Crippen molar-refractivity contribution >= 4 is 52.1 Å². The highest BCUT2D eigenvalue weighted by molar-refractivity contribution is 6.12. The third kappa shape index (κ3) is 10.2. The number of aromatic nitrogens is 1. The van der Waals surface area contributed by atoms with E-state index in [1.54, 1.807) is 96.0 Å². The normalized spacial score (nSPS) is 15.0. The van der Waals surface area contributed by atoms with Crippen LogP contribution in [-0.4, -0.2) is 90.4 Å². The number of nitrogens with two attached hydrogens (primary N) is 1. The second-order valence-electron chi connectivity index (χ2n) is 18.2. The van der Waals surface area contributed by atoms with Crippen molar-refractivity contribution in [3.05, 3.63) is 119 Å². The number of piperazine rings is 1. The topological polar surface area (TPSA) is 172 Å². The standard InChI is InChI=1S/C50H57N5O9/c1-49(2,3)63-46(58)41-28-38-39(17-11-18-40(38)55(41)48(60)64-50(4,5)6)52-45(57)43(47(59)62-30-33-14-10-16-36-35-15-9-8-13-32(35)27-37(33)36)44(51)31-19-21-34(22-20-31)54-25-24-53(29-42(54)56)23-12-26-61-7/h8-11,13-22,28,43-44H,12,23-27,29-30,51H2,1-7H3,(H,52,57)/t43-,44?/m0/s1. The van der Waals surface area contributed by atoms with Crippen molar-refractivity contribution in [1.29, 1.82) is 0 Å². The highest BCUT2D eigenvalue weighted by Gasteiger charge is 2.37. The number of esters is 2. The van der Waals surface area contributed by atoms with Gasteiger partial charge in [0, 0.05) is 44.4 Å². The van der Waals surface area contributed by atoms with Gasteiger partial charge in [-0.05, 0) is 118 Å². The number of ether oxygens (including phenoxy) is 4. The van der Waals surface area contributed by atoms with Gasteiger partial charge in [0.1, 0.15) is 23.5 Å². The van der Waals surface area contributed by atoms with Gasteiger partial charge < -0.3 is 34.9 Å². The van der Waals surface area contributed by atoms with E-state index < -0.39 is 47.1 Å². The van der Waals surface area contributed by atoms with Gasteiger partial charge in [-0.3, -0.25) is 19.3 Å². The first-order chi connectivity index (χ1) is 30.4. The Balaban J connectivity index is 1.19. The quantitative estimate of drug-likeness (QED) is 0.0506. The molecule has 1 aromatic heterocycles. The van der Waals surface area contributed by atoms with Crippen molar-refractivity contribution in [2.24, 2.45) is 11.7 Å². The molecule has 1 saturated heterocycles. The summed E-state index contributed by atoms with van der Waals surface area (Å²) < 4.78 is 23.6. The third-order valence-corrected chi connectivity index (χ3v) is 11.2. The van der Waals surface area contributed by atoms with Gasteiger partial charge in [0.2, 0.25) is 11.8 Å². The Labute approximate surface area is 373 Å². The molecule has 2 atom stereocenters. The van der Waals surface area contributed by atoms with E-state index in [0.29, 0.717) is 42.8 Å². The van der Waals surface area contributed by atoms with Gasteiger partial charge in [-0.15, -0.1) is 0 Å². The van der Waals surface area contributed by atoms with Crippen molar-refractivity contribution in [2.75, 3.05) is 50.1 Å². The summed E-state index contributed by atoms with van der Waals surface area (Å²) in [6.45, 7) is 13.0. The van der Waals surface area contributed by atoms with Crippen LogP contribution in [0.5, 0.6) is 0 Å². The summed E-state index contributed by atoms with van der Waals surface area (Å²) in [5.74, 6) is -4.01. The van der Waals surface area contributed by atoms with Crippen LogP contribution in [0, 0.1) is 5.92 Å². The molecule has 1 aliphatic heterocycles. The highest BCUT2D eigenvalue weighted by Crippen LogP contribution is 2.39. The van der Waals surface area contributed by atoms with E-state index in [2.05, 4.69) is 22.3 Å². The summed E-state index contributed by atoms with van der Waals surface area (Å²) in [6.07, 6.45) is 0.689. The first-order valence-corrected chi connectivity index (χ1v) is 21.6. The fourth-order valence-corrected chi connectivity index (χ4v) is 8.24. The molecule has 0 bridgehead atoms. The minimum Gasteiger partial charge on any atom is -0.460 e. The minimum absolute atomic E-state index is 0.0402. The molecule has 2 amide bonds. The molecule has 2 heterocycles. The zero-order valence-electron chi connectivity index (χ0n) is 37.6. The molecule has 0 radical (unpaired) electrons. The number of rotatable bonds is 13. The van der Waals surface area contributed by atoms with Crippen molar-refractivity contribution in [3.8, 4) is 11.1 Å². The number of benzene rings is 4. The Bertz CT molecular complexity index is 2570.